The van der Waals surface area contributed by atoms with E-state index in [2.05, 4.69) is 35.2 Å². The number of nitrogens with zero attached hydrogens (tertiary/aromatic N) is 3. The summed E-state index contributed by atoms with van der Waals surface area (Å²) < 4.78 is 2.22. The van der Waals surface area contributed by atoms with Crippen LogP contribution in [0.25, 0.3) is 0 Å². The highest BCUT2D eigenvalue weighted by atomic mass is 15.1. The number of aromatic nitrogens is 2. The molecule has 1 rings (SSSR count). The van der Waals surface area contributed by atoms with Gasteiger partial charge in [0.25, 0.3) is 0 Å². The Morgan fingerprint density at radius 2 is 2.00 bits per heavy atom. The molecule has 0 aromatic carbocycles. The molecule has 1 heterocycles. The molecule has 0 saturated carbocycles. The summed E-state index contributed by atoms with van der Waals surface area (Å²) in [6.45, 7) is 12.2. The van der Waals surface area contributed by atoms with Gasteiger partial charge in [0.15, 0.2) is 0 Å². The lowest BCUT2D eigenvalue weighted by Crippen LogP contribution is -2.24. The zero-order valence-electron chi connectivity index (χ0n) is 12.3. The lowest BCUT2D eigenvalue weighted by Gasteiger charge is -2.21. The summed E-state index contributed by atoms with van der Waals surface area (Å²) in [5, 5.41) is 0. The number of hydrogen-bond acceptors (Lipinski definition) is 3. The van der Waals surface area contributed by atoms with E-state index in [1.54, 1.807) is 0 Å². The highest BCUT2D eigenvalue weighted by Crippen LogP contribution is 2.19. The lowest BCUT2D eigenvalue weighted by atomic mass is 10.1. The van der Waals surface area contributed by atoms with Crippen LogP contribution in [0.3, 0.4) is 0 Å². The van der Waals surface area contributed by atoms with Crippen LogP contribution in [0, 0.1) is 0 Å². The summed E-state index contributed by atoms with van der Waals surface area (Å²) in [6.07, 6.45) is 6.18. The summed E-state index contributed by atoms with van der Waals surface area (Å²) in [4.78, 5) is 6.68. The maximum absolute atomic E-state index is 5.95. The quantitative estimate of drug-likeness (QED) is 0.773. The first-order valence-electron chi connectivity index (χ1n) is 7.09. The van der Waals surface area contributed by atoms with Crippen LogP contribution in [0.15, 0.2) is 12.5 Å². The average Bonchev–Trinajstić information content (AvgIpc) is 2.83. The Balaban J connectivity index is 2.45. The van der Waals surface area contributed by atoms with Gasteiger partial charge in [0.05, 0.1) is 12.0 Å². The van der Waals surface area contributed by atoms with Crippen molar-refractivity contribution in [3.05, 3.63) is 18.2 Å². The summed E-state index contributed by atoms with van der Waals surface area (Å²) in [5.74, 6) is 0. The first-order chi connectivity index (χ1) is 8.60. The third-order valence-electron chi connectivity index (χ3n) is 3.63. The first kappa shape index (κ1) is 15.2. The first-order valence-corrected chi connectivity index (χ1v) is 7.09. The van der Waals surface area contributed by atoms with Crippen molar-refractivity contribution in [1.29, 1.82) is 0 Å². The van der Waals surface area contributed by atoms with Crippen molar-refractivity contribution in [2.45, 2.75) is 52.6 Å². The molecular formula is C14H28N4. The second-order valence-corrected chi connectivity index (χ2v) is 5.03. The van der Waals surface area contributed by atoms with Crippen molar-refractivity contribution in [3.63, 3.8) is 0 Å². The summed E-state index contributed by atoms with van der Waals surface area (Å²) in [7, 11) is 0. The van der Waals surface area contributed by atoms with E-state index >= 15 is 0 Å². The molecule has 1 aromatic rings. The van der Waals surface area contributed by atoms with Gasteiger partial charge in [-0.05, 0) is 46.3 Å². The van der Waals surface area contributed by atoms with E-state index in [0.29, 0.717) is 6.04 Å². The summed E-state index contributed by atoms with van der Waals surface area (Å²) >= 11 is 0. The third-order valence-corrected chi connectivity index (χ3v) is 3.63. The molecule has 2 unspecified atom stereocenters. The maximum Gasteiger partial charge on any atom is 0.0951 e. The molecule has 1 aromatic heterocycles. The van der Waals surface area contributed by atoms with Crippen LogP contribution in [0.4, 0.5) is 0 Å². The largest absolute Gasteiger partial charge is 0.330 e. The Labute approximate surface area is 111 Å². The molecule has 0 radical (unpaired) electrons. The summed E-state index contributed by atoms with van der Waals surface area (Å²) in [6, 6.07) is 0.529. The maximum atomic E-state index is 5.95. The van der Waals surface area contributed by atoms with Gasteiger partial charge in [0.1, 0.15) is 0 Å². The molecule has 0 amide bonds. The molecule has 0 fully saturated rings. The molecule has 4 nitrogen and oxygen atoms in total. The van der Waals surface area contributed by atoms with Gasteiger partial charge in [-0.1, -0.05) is 13.8 Å². The van der Waals surface area contributed by atoms with Crippen LogP contribution in [0.2, 0.25) is 0 Å². The van der Waals surface area contributed by atoms with Gasteiger partial charge in [0.2, 0.25) is 0 Å². The smallest absolute Gasteiger partial charge is 0.0951 e. The van der Waals surface area contributed by atoms with E-state index in [1.807, 2.05) is 19.4 Å². The number of hydrogen-bond donors (Lipinski definition) is 1. The van der Waals surface area contributed by atoms with Crippen LogP contribution in [-0.2, 0) is 0 Å². The monoisotopic (exact) mass is 252 g/mol. The van der Waals surface area contributed by atoms with E-state index in [9.17, 15) is 0 Å². The van der Waals surface area contributed by atoms with Crippen molar-refractivity contribution >= 4 is 0 Å². The molecule has 18 heavy (non-hydrogen) atoms. The van der Waals surface area contributed by atoms with Crippen LogP contribution in [0.1, 0.15) is 58.3 Å². The Bertz CT molecular complexity index is 328. The number of imidazole rings is 1. The fraction of sp³-hybridized carbons (Fsp3) is 0.786. The van der Waals surface area contributed by atoms with Crippen LogP contribution >= 0.6 is 0 Å². The van der Waals surface area contributed by atoms with Crippen molar-refractivity contribution in [2.24, 2.45) is 5.73 Å². The molecule has 0 spiro atoms. The van der Waals surface area contributed by atoms with Gasteiger partial charge in [-0.25, -0.2) is 4.98 Å². The molecular weight excluding hydrogens is 224 g/mol. The molecule has 2 atom stereocenters. The van der Waals surface area contributed by atoms with Gasteiger partial charge in [-0.2, -0.15) is 0 Å². The normalized spacial score (nSPS) is 15.0. The highest BCUT2D eigenvalue weighted by molar-refractivity contribution is 5.04. The molecule has 0 saturated heterocycles. The second-order valence-electron chi connectivity index (χ2n) is 5.03. The van der Waals surface area contributed by atoms with Crippen molar-refractivity contribution in [2.75, 3.05) is 19.6 Å². The number of rotatable bonds is 8. The van der Waals surface area contributed by atoms with Gasteiger partial charge >= 0.3 is 0 Å². The van der Waals surface area contributed by atoms with Crippen LogP contribution < -0.4 is 5.73 Å². The highest BCUT2D eigenvalue weighted by Gasteiger charge is 2.12. The van der Waals surface area contributed by atoms with Gasteiger partial charge in [0, 0.05) is 18.3 Å². The fourth-order valence-electron chi connectivity index (χ4n) is 2.33. The Morgan fingerprint density at radius 1 is 1.33 bits per heavy atom. The second kappa shape index (κ2) is 7.54. The predicted octanol–water partition coefficient (Wildman–Crippen LogP) is 2.59. The standard InChI is InChI=1S/C14H28N4/c1-5-17(6-2)9-7-8-12(3)18-11-16-10-14(18)13(4)15/h10-13H,5-9,15H2,1-4H3. The van der Waals surface area contributed by atoms with E-state index < -0.39 is 0 Å². The number of nitrogens with two attached hydrogens (primary N) is 1. The van der Waals surface area contributed by atoms with E-state index in [-0.39, 0.29) is 6.04 Å². The Kier molecular flexibility index (Phi) is 6.36. The lowest BCUT2D eigenvalue weighted by molar-refractivity contribution is 0.287. The molecule has 0 aliphatic heterocycles. The molecule has 4 heteroatoms. The predicted molar refractivity (Wildman–Crippen MR) is 76.6 cm³/mol. The molecule has 2 N–H and O–H groups in total. The van der Waals surface area contributed by atoms with E-state index in [1.165, 1.54) is 19.4 Å². The minimum absolute atomic E-state index is 0.0535. The Morgan fingerprint density at radius 3 is 2.56 bits per heavy atom. The zero-order chi connectivity index (χ0) is 13.5. The van der Waals surface area contributed by atoms with Crippen molar-refractivity contribution in [3.8, 4) is 0 Å². The molecule has 0 aliphatic carbocycles. The van der Waals surface area contributed by atoms with Gasteiger partial charge in [-0.3, -0.25) is 0 Å². The van der Waals surface area contributed by atoms with Crippen LogP contribution in [-0.4, -0.2) is 34.1 Å². The zero-order valence-corrected chi connectivity index (χ0v) is 12.3. The van der Waals surface area contributed by atoms with E-state index in [4.69, 9.17) is 5.73 Å². The topological polar surface area (TPSA) is 47.1 Å². The van der Waals surface area contributed by atoms with Crippen molar-refractivity contribution < 1.29 is 0 Å². The van der Waals surface area contributed by atoms with Gasteiger partial charge < -0.3 is 15.2 Å². The minimum atomic E-state index is 0.0535. The third kappa shape index (κ3) is 4.10. The molecule has 104 valence electrons. The van der Waals surface area contributed by atoms with Crippen molar-refractivity contribution in [1.82, 2.24) is 14.5 Å². The molecule has 0 aliphatic rings. The van der Waals surface area contributed by atoms with Crippen LogP contribution in [0.5, 0.6) is 0 Å². The van der Waals surface area contributed by atoms with E-state index in [0.717, 1.165) is 18.8 Å². The summed E-state index contributed by atoms with van der Waals surface area (Å²) in [5.41, 5.74) is 7.08. The molecule has 0 bridgehead atoms. The fourth-order valence-corrected chi connectivity index (χ4v) is 2.33. The Hall–Kier alpha value is -0.870. The average molecular weight is 252 g/mol. The minimum Gasteiger partial charge on any atom is -0.330 e. The van der Waals surface area contributed by atoms with Gasteiger partial charge in [-0.15, -0.1) is 0 Å². The SMILES string of the molecule is CCN(CC)CCCC(C)n1cncc1C(C)N.